The van der Waals surface area contributed by atoms with E-state index in [1.165, 1.54) is 0 Å². The summed E-state index contributed by atoms with van der Waals surface area (Å²) in [6.45, 7) is 1.30. The molecule has 1 aliphatic heterocycles. The fourth-order valence-corrected chi connectivity index (χ4v) is 2.65. The van der Waals surface area contributed by atoms with Crippen LogP contribution in [0.4, 0.5) is 0 Å². The summed E-state index contributed by atoms with van der Waals surface area (Å²) in [5, 5.41) is 4.06. The highest BCUT2D eigenvalue weighted by Crippen LogP contribution is 2.34. The van der Waals surface area contributed by atoms with Gasteiger partial charge in [0.2, 0.25) is 11.7 Å². The Morgan fingerprint density at radius 2 is 2.21 bits per heavy atom. The standard InChI is InChI=1S/C12H21N3O3S/c1-16-12(4-6-17-7-5-12)11-14-10(18-15-11)9(13)3-8-19-2/h9H,3-8,13H2,1-2H3/t9-/m0/s1. The molecule has 1 aliphatic rings. The quantitative estimate of drug-likeness (QED) is 0.848. The molecule has 2 rings (SSSR count). The Kier molecular flexibility index (Phi) is 5.20. The van der Waals surface area contributed by atoms with Gasteiger partial charge in [0.15, 0.2) is 0 Å². The van der Waals surface area contributed by atoms with Crippen LogP contribution in [0, 0.1) is 0 Å². The second-order valence-electron chi connectivity index (χ2n) is 4.65. The summed E-state index contributed by atoms with van der Waals surface area (Å²) in [6.07, 6.45) is 4.35. The molecular formula is C12H21N3O3S. The summed E-state index contributed by atoms with van der Waals surface area (Å²) in [4.78, 5) is 4.44. The average molecular weight is 287 g/mol. The lowest BCUT2D eigenvalue weighted by Crippen LogP contribution is -2.36. The second kappa shape index (κ2) is 6.69. The van der Waals surface area contributed by atoms with E-state index < -0.39 is 5.60 Å². The summed E-state index contributed by atoms with van der Waals surface area (Å²) in [6, 6.07) is -0.206. The molecule has 1 aromatic rings. The van der Waals surface area contributed by atoms with E-state index in [1.54, 1.807) is 18.9 Å². The Hall–Kier alpha value is -0.630. The molecule has 1 atom stereocenters. The maximum atomic E-state index is 6.03. The van der Waals surface area contributed by atoms with Crippen molar-refractivity contribution in [3.63, 3.8) is 0 Å². The van der Waals surface area contributed by atoms with E-state index in [0.29, 0.717) is 24.9 Å². The van der Waals surface area contributed by atoms with Crippen molar-refractivity contribution < 1.29 is 14.0 Å². The van der Waals surface area contributed by atoms with Crippen molar-refractivity contribution in [1.29, 1.82) is 0 Å². The predicted molar refractivity (Wildman–Crippen MR) is 73.0 cm³/mol. The first kappa shape index (κ1) is 14.8. The normalized spacial score (nSPS) is 20.4. The van der Waals surface area contributed by atoms with E-state index in [4.69, 9.17) is 19.7 Å². The summed E-state index contributed by atoms with van der Waals surface area (Å²) >= 11 is 1.75. The van der Waals surface area contributed by atoms with Crippen molar-refractivity contribution in [1.82, 2.24) is 10.1 Å². The van der Waals surface area contributed by atoms with Gasteiger partial charge in [-0.25, -0.2) is 0 Å². The molecule has 1 saturated heterocycles. The van der Waals surface area contributed by atoms with Crippen LogP contribution in [-0.2, 0) is 15.1 Å². The highest BCUT2D eigenvalue weighted by Gasteiger charge is 2.39. The first-order valence-electron chi connectivity index (χ1n) is 6.43. The summed E-state index contributed by atoms with van der Waals surface area (Å²) in [5.74, 6) is 2.06. The number of methoxy groups -OCH3 is 1. The lowest BCUT2D eigenvalue weighted by molar-refractivity contribution is -0.101. The molecule has 0 radical (unpaired) electrons. The van der Waals surface area contributed by atoms with Crippen LogP contribution in [0.25, 0.3) is 0 Å². The Balaban J connectivity index is 2.10. The van der Waals surface area contributed by atoms with E-state index in [0.717, 1.165) is 25.0 Å². The van der Waals surface area contributed by atoms with E-state index in [2.05, 4.69) is 10.1 Å². The Labute approximate surface area is 117 Å². The monoisotopic (exact) mass is 287 g/mol. The van der Waals surface area contributed by atoms with Crippen molar-refractivity contribution in [3.8, 4) is 0 Å². The minimum atomic E-state index is -0.487. The molecule has 6 nitrogen and oxygen atoms in total. The molecule has 0 amide bonds. The summed E-state index contributed by atoms with van der Waals surface area (Å²) in [7, 11) is 1.68. The Morgan fingerprint density at radius 3 is 2.84 bits per heavy atom. The zero-order chi connectivity index (χ0) is 13.7. The average Bonchev–Trinajstić information content (AvgIpc) is 2.96. The van der Waals surface area contributed by atoms with Crippen molar-refractivity contribution in [3.05, 3.63) is 11.7 Å². The van der Waals surface area contributed by atoms with E-state index >= 15 is 0 Å². The third kappa shape index (κ3) is 3.28. The van der Waals surface area contributed by atoms with Crippen LogP contribution in [0.15, 0.2) is 4.52 Å². The molecule has 0 saturated carbocycles. The van der Waals surface area contributed by atoms with Gasteiger partial charge in [0.25, 0.3) is 0 Å². The molecule has 1 fully saturated rings. The third-order valence-corrected chi connectivity index (χ3v) is 4.13. The van der Waals surface area contributed by atoms with Crippen molar-refractivity contribution >= 4 is 11.8 Å². The van der Waals surface area contributed by atoms with Crippen molar-refractivity contribution in [2.75, 3.05) is 32.3 Å². The van der Waals surface area contributed by atoms with Crippen LogP contribution in [0.2, 0.25) is 0 Å². The highest BCUT2D eigenvalue weighted by atomic mass is 32.2. The molecule has 108 valence electrons. The number of thioether (sulfide) groups is 1. The van der Waals surface area contributed by atoms with E-state index in [-0.39, 0.29) is 6.04 Å². The van der Waals surface area contributed by atoms with Gasteiger partial charge in [-0.2, -0.15) is 16.7 Å². The van der Waals surface area contributed by atoms with Gasteiger partial charge in [0.05, 0.1) is 6.04 Å². The van der Waals surface area contributed by atoms with Crippen molar-refractivity contribution in [2.24, 2.45) is 5.73 Å². The maximum absolute atomic E-state index is 6.03. The van der Waals surface area contributed by atoms with Crippen molar-refractivity contribution in [2.45, 2.75) is 30.9 Å². The molecular weight excluding hydrogens is 266 g/mol. The molecule has 0 bridgehead atoms. The molecule has 0 unspecified atom stereocenters. The fourth-order valence-electron chi connectivity index (χ4n) is 2.16. The minimum Gasteiger partial charge on any atom is -0.381 e. The van der Waals surface area contributed by atoms with Gasteiger partial charge in [0.1, 0.15) is 5.60 Å². The largest absolute Gasteiger partial charge is 0.381 e. The van der Waals surface area contributed by atoms with Crippen LogP contribution in [0.5, 0.6) is 0 Å². The van der Waals surface area contributed by atoms with Gasteiger partial charge in [-0.1, -0.05) is 5.16 Å². The maximum Gasteiger partial charge on any atom is 0.243 e. The number of nitrogens with zero attached hydrogens (tertiary/aromatic N) is 2. The van der Waals surface area contributed by atoms with Crippen LogP contribution < -0.4 is 5.73 Å². The number of nitrogens with two attached hydrogens (primary N) is 1. The SMILES string of the molecule is COC1(c2noc([C@@H](N)CCSC)n2)CCOCC1. The van der Waals surface area contributed by atoms with Gasteiger partial charge in [-0.05, 0) is 18.4 Å². The molecule has 19 heavy (non-hydrogen) atoms. The highest BCUT2D eigenvalue weighted by molar-refractivity contribution is 7.98. The van der Waals surface area contributed by atoms with Crippen LogP contribution in [-0.4, -0.2) is 42.5 Å². The van der Waals surface area contributed by atoms with Gasteiger partial charge in [-0.3, -0.25) is 0 Å². The molecule has 0 spiro atoms. The molecule has 2 N–H and O–H groups in total. The van der Waals surface area contributed by atoms with Crippen LogP contribution in [0.3, 0.4) is 0 Å². The molecule has 0 aromatic carbocycles. The van der Waals surface area contributed by atoms with Crippen LogP contribution >= 0.6 is 11.8 Å². The van der Waals surface area contributed by atoms with Gasteiger partial charge in [0, 0.05) is 33.2 Å². The minimum absolute atomic E-state index is 0.206. The number of rotatable bonds is 6. The van der Waals surface area contributed by atoms with E-state index in [9.17, 15) is 0 Å². The van der Waals surface area contributed by atoms with Crippen LogP contribution in [0.1, 0.15) is 37.0 Å². The Morgan fingerprint density at radius 1 is 1.47 bits per heavy atom. The molecule has 1 aromatic heterocycles. The summed E-state index contributed by atoms with van der Waals surface area (Å²) in [5.41, 5.74) is 5.55. The number of hydrogen-bond acceptors (Lipinski definition) is 7. The zero-order valence-electron chi connectivity index (χ0n) is 11.4. The van der Waals surface area contributed by atoms with Gasteiger partial charge < -0.3 is 19.7 Å². The predicted octanol–water partition coefficient (Wildman–Crippen LogP) is 1.47. The molecule has 2 heterocycles. The number of aromatic nitrogens is 2. The first-order valence-corrected chi connectivity index (χ1v) is 7.83. The Bertz CT molecular complexity index is 393. The lowest BCUT2D eigenvalue weighted by Gasteiger charge is -2.32. The number of ether oxygens (including phenoxy) is 2. The number of hydrogen-bond donors (Lipinski definition) is 1. The zero-order valence-corrected chi connectivity index (χ0v) is 12.2. The van der Waals surface area contributed by atoms with Gasteiger partial charge in [-0.15, -0.1) is 0 Å². The third-order valence-electron chi connectivity index (χ3n) is 3.49. The smallest absolute Gasteiger partial charge is 0.243 e. The molecule has 7 heteroatoms. The topological polar surface area (TPSA) is 83.4 Å². The lowest BCUT2D eigenvalue weighted by atomic mass is 9.93. The summed E-state index contributed by atoms with van der Waals surface area (Å²) < 4.78 is 16.3. The van der Waals surface area contributed by atoms with Gasteiger partial charge >= 0.3 is 0 Å². The first-order chi connectivity index (χ1) is 9.22. The molecule has 0 aliphatic carbocycles. The fraction of sp³-hybridized carbons (Fsp3) is 0.833. The second-order valence-corrected chi connectivity index (χ2v) is 5.64. The van der Waals surface area contributed by atoms with E-state index in [1.807, 2.05) is 6.26 Å².